The van der Waals surface area contributed by atoms with E-state index < -0.39 is 5.97 Å². The van der Waals surface area contributed by atoms with Crippen molar-refractivity contribution >= 4 is 28.5 Å². The van der Waals surface area contributed by atoms with Crippen molar-refractivity contribution in [1.82, 2.24) is 9.55 Å². The second kappa shape index (κ2) is 6.26. The molecule has 0 unspecified atom stereocenters. The van der Waals surface area contributed by atoms with Gasteiger partial charge in [0.05, 0.1) is 16.5 Å². The summed E-state index contributed by atoms with van der Waals surface area (Å²) in [5.41, 5.74) is 3.75. The Kier molecular flexibility index (Phi) is 3.92. The van der Waals surface area contributed by atoms with Crippen LogP contribution in [0.5, 0.6) is 0 Å². The molecule has 3 aromatic rings. The van der Waals surface area contributed by atoms with Crippen LogP contribution in [0.15, 0.2) is 47.3 Å². The lowest BCUT2D eigenvalue weighted by Gasteiger charge is -2.21. The molecule has 2 heterocycles. The molecule has 0 atom stereocenters. The van der Waals surface area contributed by atoms with Crippen LogP contribution in [0.3, 0.4) is 0 Å². The Labute approximate surface area is 150 Å². The Balaban J connectivity index is 1.91. The molecule has 5 heteroatoms. The molecule has 1 N–H and O–H groups in total. The van der Waals surface area contributed by atoms with Gasteiger partial charge in [-0.2, -0.15) is 0 Å². The number of carbonyl (C=O) groups is 1. The maximum atomic E-state index is 12.9. The van der Waals surface area contributed by atoms with Crippen LogP contribution in [0.4, 0.5) is 0 Å². The normalized spacial score (nSPS) is 15.2. The quantitative estimate of drug-likeness (QED) is 0.767. The highest BCUT2D eigenvalue weighted by atomic mass is 16.4. The molecule has 0 saturated heterocycles. The number of fused-ring (bicyclic) bond motifs is 2. The van der Waals surface area contributed by atoms with Gasteiger partial charge in [-0.05, 0) is 55.2 Å². The first kappa shape index (κ1) is 16.3. The van der Waals surface area contributed by atoms with Crippen molar-refractivity contribution < 1.29 is 9.90 Å². The fourth-order valence-corrected chi connectivity index (χ4v) is 3.44. The molecular formula is C21H18N2O3. The van der Waals surface area contributed by atoms with Crippen LogP contribution < -0.4 is 5.56 Å². The summed E-state index contributed by atoms with van der Waals surface area (Å²) in [4.78, 5) is 28.8. The molecule has 0 bridgehead atoms. The number of benzene rings is 2. The summed E-state index contributed by atoms with van der Waals surface area (Å²) in [6, 6.07) is 12.7. The fourth-order valence-electron chi connectivity index (χ4n) is 3.44. The first-order valence-electron chi connectivity index (χ1n) is 8.58. The molecule has 2 aromatic carbocycles. The summed E-state index contributed by atoms with van der Waals surface area (Å²) < 4.78 is 1.67. The standard InChI is InChI=1S/C21H18N2O3/c1-13-4-2-5-14(10-13)11-15-6-3-9-23-19(15)22-18-8-7-16(21(25)26)12-17(18)20(23)24/h2,4-5,7-8,10-12H,3,6,9H2,1H3,(H,25,26). The molecule has 0 fully saturated rings. The van der Waals surface area contributed by atoms with Crippen LogP contribution in [-0.4, -0.2) is 20.6 Å². The van der Waals surface area contributed by atoms with Gasteiger partial charge < -0.3 is 5.11 Å². The topological polar surface area (TPSA) is 72.2 Å². The van der Waals surface area contributed by atoms with Gasteiger partial charge in [-0.3, -0.25) is 9.36 Å². The van der Waals surface area contributed by atoms with E-state index in [-0.39, 0.29) is 11.1 Å². The third kappa shape index (κ3) is 2.81. The Bertz CT molecular complexity index is 1130. The second-order valence-electron chi connectivity index (χ2n) is 6.62. The molecule has 1 aliphatic rings. The van der Waals surface area contributed by atoms with Crippen molar-refractivity contribution in [2.45, 2.75) is 26.3 Å². The molecule has 0 spiro atoms. The fraction of sp³-hybridized carbons (Fsp3) is 0.190. The highest BCUT2D eigenvalue weighted by Gasteiger charge is 2.19. The Morgan fingerprint density at radius 3 is 2.85 bits per heavy atom. The average molecular weight is 346 g/mol. The monoisotopic (exact) mass is 346 g/mol. The Morgan fingerprint density at radius 1 is 1.23 bits per heavy atom. The molecule has 0 amide bonds. The van der Waals surface area contributed by atoms with Crippen LogP contribution in [-0.2, 0) is 6.54 Å². The van der Waals surface area contributed by atoms with Gasteiger partial charge in [0, 0.05) is 6.54 Å². The molecular weight excluding hydrogens is 328 g/mol. The highest BCUT2D eigenvalue weighted by Crippen LogP contribution is 2.27. The van der Waals surface area contributed by atoms with E-state index in [0.717, 1.165) is 24.0 Å². The number of aromatic nitrogens is 2. The minimum atomic E-state index is -1.05. The third-order valence-corrected chi connectivity index (χ3v) is 4.70. The largest absolute Gasteiger partial charge is 0.478 e. The van der Waals surface area contributed by atoms with Crippen LogP contribution in [0.25, 0.3) is 22.6 Å². The predicted octanol–water partition coefficient (Wildman–Crippen LogP) is 3.74. The van der Waals surface area contributed by atoms with Gasteiger partial charge in [-0.25, -0.2) is 9.78 Å². The van der Waals surface area contributed by atoms with Crippen molar-refractivity contribution in [2.75, 3.05) is 0 Å². The smallest absolute Gasteiger partial charge is 0.335 e. The molecule has 26 heavy (non-hydrogen) atoms. The summed E-state index contributed by atoms with van der Waals surface area (Å²) in [6.45, 7) is 2.65. The predicted molar refractivity (Wildman–Crippen MR) is 101 cm³/mol. The molecule has 4 rings (SSSR count). The van der Waals surface area contributed by atoms with Gasteiger partial charge >= 0.3 is 5.97 Å². The van der Waals surface area contributed by atoms with Gasteiger partial charge in [-0.15, -0.1) is 0 Å². The molecule has 0 saturated carbocycles. The number of nitrogens with zero attached hydrogens (tertiary/aromatic N) is 2. The van der Waals surface area contributed by atoms with Crippen molar-refractivity contribution in [3.63, 3.8) is 0 Å². The number of hydrogen-bond acceptors (Lipinski definition) is 3. The van der Waals surface area contributed by atoms with E-state index in [2.05, 4.69) is 17.1 Å². The van der Waals surface area contributed by atoms with E-state index >= 15 is 0 Å². The minimum absolute atomic E-state index is 0.100. The van der Waals surface area contributed by atoms with E-state index in [9.17, 15) is 9.59 Å². The van der Waals surface area contributed by atoms with E-state index in [4.69, 9.17) is 5.11 Å². The van der Waals surface area contributed by atoms with E-state index in [1.807, 2.05) is 25.1 Å². The van der Waals surface area contributed by atoms with Crippen molar-refractivity contribution in [3.8, 4) is 0 Å². The maximum absolute atomic E-state index is 12.9. The zero-order valence-corrected chi connectivity index (χ0v) is 14.4. The van der Waals surface area contributed by atoms with Crippen LogP contribution >= 0.6 is 0 Å². The summed E-state index contributed by atoms with van der Waals surface area (Å²) >= 11 is 0. The first-order chi connectivity index (χ1) is 12.5. The zero-order valence-electron chi connectivity index (χ0n) is 14.4. The number of carboxylic acids is 1. The number of aromatic carboxylic acids is 1. The van der Waals surface area contributed by atoms with Gasteiger partial charge in [0.2, 0.25) is 0 Å². The van der Waals surface area contributed by atoms with Gasteiger partial charge in [-0.1, -0.05) is 29.8 Å². The van der Waals surface area contributed by atoms with Crippen LogP contribution in [0, 0.1) is 6.92 Å². The zero-order chi connectivity index (χ0) is 18.3. The van der Waals surface area contributed by atoms with E-state index in [1.54, 1.807) is 10.6 Å². The third-order valence-electron chi connectivity index (χ3n) is 4.70. The van der Waals surface area contributed by atoms with Crippen molar-refractivity contribution in [2.24, 2.45) is 0 Å². The van der Waals surface area contributed by atoms with Gasteiger partial charge in [0.1, 0.15) is 5.82 Å². The lowest BCUT2D eigenvalue weighted by Crippen LogP contribution is -2.28. The molecule has 5 nitrogen and oxygen atoms in total. The average Bonchev–Trinajstić information content (AvgIpc) is 2.62. The summed E-state index contributed by atoms with van der Waals surface area (Å²) in [5.74, 6) is -0.368. The Hall–Kier alpha value is -3.21. The number of rotatable bonds is 2. The molecule has 1 aliphatic heterocycles. The molecule has 130 valence electrons. The molecule has 0 aliphatic carbocycles. The molecule has 1 aromatic heterocycles. The number of allylic oxidation sites excluding steroid dienone is 1. The van der Waals surface area contributed by atoms with Gasteiger partial charge in [0.15, 0.2) is 0 Å². The number of carboxylic acid groups (broad SMARTS) is 1. The number of aryl methyl sites for hydroxylation is 1. The first-order valence-corrected chi connectivity index (χ1v) is 8.58. The summed E-state index contributed by atoms with van der Waals surface area (Å²) in [6.07, 6.45) is 3.80. The minimum Gasteiger partial charge on any atom is -0.478 e. The van der Waals surface area contributed by atoms with Crippen LogP contribution in [0.1, 0.15) is 40.2 Å². The Morgan fingerprint density at radius 2 is 2.08 bits per heavy atom. The lowest BCUT2D eigenvalue weighted by atomic mass is 10.0. The van der Waals surface area contributed by atoms with Crippen molar-refractivity contribution in [1.29, 1.82) is 0 Å². The van der Waals surface area contributed by atoms with E-state index in [1.165, 1.54) is 17.7 Å². The lowest BCUT2D eigenvalue weighted by molar-refractivity contribution is 0.0697. The SMILES string of the molecule is Cc1cccc(C=C2CCCn3c2nc2ccc(C(=O)O)cc2c3=O)c1. The highest BCUT2D eigenvalue weighted by molar-refractivity contribution is 5.93. The van der Waals surface area contributed by atoms with Gasteiger partial charge in [0.25, 0.3) is 5.56 Å². The number of hydrogen-bond donors (Lipinski definition) is 1. The van der Waals surface area contributed by atoms with E-state index in [0.29, 0.717) is 23.3 Å². The molecule has 0 radical (unpaired) electrons. The second-order valence-corrected chi connectivity index (χ2v) is 6.62. The summed E-state index contributed by atoms with van der Waals surface area (Å²) in [5, 5.41) is 9.52. The van der Waals surface area contributed by atoms with Crippen LogP contribution in [0.2, 0.25) is 0 Å². The van der Waals surface area contributed by atoms with Crippen molar-refractivity contribution in [3.05, 3.63) is 75.3 Å². The maximum Gasteiger partial charge on any atom is 0.335 e. The summed E-state index contributed by atoms with van der Waals surface area (Å²) in [7, 11) is 0.